The van der Waals surface area contributed by atoms with Crippen LogP contribution in [0.15, 0.2) is 0 Å². The highest BCUT2D eigenvalue weighted by Crippen LogP contribution is 2.08. The SMILES string of the molecule is C[C@@H](NC(=O)OC(C)(C)C)[C@@H](O)CCC(=O)O. The second kappa shape index (κ2) is 6.44. The molecule has 6 heteroatoms. The summed E-state index contributed by atoms with van der Waals surface area (Å²) in [5.41, 5.74) is -0.601. The number of carbonyl (C=O) groups is 2. The quantitative estimate of drug-likeness (QED) is 0.676. The summed E-state index contributed by atoms with van der Waals surface area (Å²) < 4.78 is 5.01. The molecule has 0 aromatic heterocycles. The van der Waals surface area contributed by atoms with Gasteiger partial charge in [-0.25, -0.2) is 4.79 Å². The van der Waals surface area contributed by atoms with Gasteiger partial charge in [0.25, 0.3) is 0 Å². The topological polar surface area (TPSA) is 95.9 Å². The minimum atomic E-state index is -0.978. The summed E-state index contributed by atoms with van der Waals surface area (Å²) in [7, 11) is 0. The molecule has 0 bridgehead atoms. The Labute approximate surface area is 101 Å². The van der Waals surface area contributed by atoms with Gasteiger partial charge in [-0.15, -0.1) is 0 Å². The highest BCUT2D eigenvalue weighted by Gasteiger charge is 2.21. The molecule has 3 N–H and O–H groups in total. The van der Waals surface area contributed by atoms with Crippen LogP contribution in [0.1, 0.15) is 40.5 Å². The van der Waals surface area contributed by atoms with Gasteiger partial charge >= 0.3 is 12.1 Å². The molecule has 0 aliphatic carbocycles. The molecule has 0 saturated carbocycles. The van der Waals surface area contributed by atoms with Crippen molar-refractivity contribution in [2.75, 3.05) is 0 Å². The second-order valence-electron chi connectivity index (χ2n) is 4.93. The Morgan fingerprint density at radius 2 is 1.88 bits per heavy atom. The minimum absolute atomic E-state index is 0.0896. The maximum absolute atomic E-state index is 11.4. The summed E-state index contributed by atoms with van der Waals surface area (Å²) in [6, 6.07) is -0.552. The minimum Gasteiger partial charge on any atom is -0.481 e. The molecule has 0 heterocycles. The number of hydrogen-bond donors (Lipinski definition) is 3. The smallest absolute Gasteiger partial charge is 0.407 e. The fraction of sp³-hybridized carbons (Fsp3) is 0.818. The van der Waals surface area contributed by atoms with Crippen LogP contribution in [0.5, 0.6) is 0 Å². The number of aliphatic hydroxyl groups is 1. The van der Waals surface area contributed by atoms with Gasteiger partial charge in [0, 0.05) is 6.42 Å². The lowest BCUT2D eigenvalue weighted by molar-refractivity contribution is -0.137. The number of carboxylic acid groups (broad SMARTS) is 1. The summed E-state index contributed by atoms with van der Waals surface area (Å²) >= 11 is 0. The largest absolute Gasteiger partial charge is 0.481 e. The van der Waals surface area contributed by atoms with Crippen molar-refractivity contribution in [1.29, 1.82) is 0 Å². The van der Waals surface area contributed by atoms with Crippen molar-refractivity contribution in [2.24, 2.45) is 0 Å². The van der Waals surface area contributed by atoms with Crippen LogP contribution in [0.25, 0.3) is 0 Å². The molecule has 17 heavy (non-hydrogen) atoms. The van der Waals surface area contributed by atoms with E-state index in [1.54, 1.807) is 27.7 Å². The third kappa shape index (κ3) is 8.50. The number of amides is 1. The van der Waals surface area contributed by atoms with Crippen molar-refractivity contribution >= 4 is 12.1 Å². The van der Waals surface area contributed by atoms with Crippen LogP contribution in [0.2, 0.25) is 0 Å². The van der Waals surface area contributed by atoms with E-state index >= 15 is 0 Å². The molecule has 0 fully saturated rings. The number of rotatable bonds is 5. The molecule has 0 aliphatic rings. The van der Waals surface area contributed by atoms with Gasteiger partial charge in [-0.2, -0.15) is 0 Å². The average Bonchev–Trinajstić information content (AvgIpc) is 2.10. The average molecular weight is 247 g/mol. The monoisotopic (exact) mass is 247 g/mol. The van der Waals surface area contributed by atoms with Crippen LogP contribution < -0.4 is 5.32 Å². The maximum Gasteiger partial charge on any atom is 0.407 e. The Hall–Kier alpha value is -1.30. The molecule has 0 aromatic carbocycles. The standard InChI is InChI=1S/C11H21NO5/c1-7(8(13)5-6-9(14)15)12-10(16)17-11(2,3)4/h7-8,13H,5-6H2,1-4H3,(H,12,16)(H,14,15)/t7-,8+/m1/s1. The summed E-state index contributed by atoms with van der Waals surface area (Å²) in [5.74, 6) is -0.978. The highest BCUT2D eigenvalue weighted by atomic mass is 16.6. The number of ether oxygens (including phenoxy) is 1. The maximum atomic E-state index is 11.4. The van der Waals surface area contributed by atoms with Crippen molar-refractivity contribution in [3.63, 3.8) is 0 Å². The van der Waals surface area contributed by atoms with Crippen molar-refractivity contribution in [3.05, 3.63) is 0 Å². The number of nitrogens with one attached hydrogen (secondary N) is 1. The lowest BCUT2D eigenvalue weighted by Crippen LogP contribution is -2.43. The van der Waals surface area contributed by atoms with Gasteiger partial charge in [0.1, 0.15) is 5.60 Å². The molecule has 0 rings (SSSR count). The highest BCUT2D eigenvalue weighted by molar-refractivity contribution is 5.68. The van der Waals surface area contributed by atoms with Crippen molar-refractivity contribution in [2.45, 2.75) is 58.3 Å². The summed E-state index contributed by atoms with van der Waals surface area (Å²) in [6.07, 6.45) is -1.58. The van der Waals surface area contributed by atoms with E-state index in [9.17, 15) is 14.7 Å². The van der Waals surface area contributed by atoms with Crippen LogP contribution in [0.3, 0.4) is 0 Å². The molecule has 0 unspecified atom stereocenters. The first-order valence-electron chi connectivity index (χ1n) is 5.51. The first-order chi connectivity index (χ1) is 7.61. The molecule has 0 spiro atoms. The lowest BCUT2D eigenvalue weighted by Gasteiger charge is -2.24. The van der Waals surface area contributed by atoms with Crippen molar-refractivity contribution in [3.8, 4) is 0 Å². The number of aliphatic carboxylic acids is 1. The zero-order valence-electron chi connectivity index (χ0n) is 10.7. The molecular weight excluding hydrogens is 226 g/mol. The molecule has 0 saturated heterocycles. The molecule has 0 aliphatic heterocycles. The van der Waals surface area contributed by atoms with Gasteiger partial charge in [-0.05, 0) is 34.1 Å². The van der Waals surface area contributed by atoms with Crippen LogP contribution in [-0.2, 0) is 9.53 Å². The molecule has 0 aromatic rings. The number of hydrogen-bond acceptors (Lipinski definition) is 4. The predicted molar refractivity (Wildman–Crippen MR) is 61.7 cm³/mol. The van der Waals surface area contributed by atoms with E-state index < -0.39 is 29.8 Å². The van der Waals surface area contributed by atoms with Crippen LogP contribution in [-0.4, -0.2) is 40.0 Å². The fourth-order valence-electron chi connectivity index (χ4n) is 1.11. The van der Waals surface area contributed by atoms with E-state index in [1.807, 2.05) is 0 Å². The van der Waals surface area contributed by atoms with Crippen molar-refractivity contribution in [1.82, 2.24) is 5.32 Å². The van der Waals surface area contributed by atoms with Gasteiger partial charge in [0.2, 0.25) is 0 Å². The Bertz CT molecular complexity index is 272. The van der Waals surface area contributed by atoms with Crippen LogP contribution >= 0.6 is 0 Å². The van der Waals surface area contributed by atoms with Gasteiger partial charge in [0.15, 0.2) is 0 Å². The molecular formula is C11H21NO5. The number of carbonyl (C=O) groups excluding carboxylic acids is 1. The Morgan fingerprint density at radius 1 is 1.35 bits per heavy atom. The summed E-state index contributed by atoms with van der Waals surface area (Å²) in [4.78, 5) is 21.7. The van der Waals surface area contributed by atoms with E-state index in [0.29, 0.717) is 0 Å². The number of carboxylic acids is 1. The third-order valence-electron chi connectivity index (χ3n) is 1.98. The molecule has 1 amide bonds. The molecule has 6 nitrogen and oxygen atoms in total. The Kier molecular flexibility index (Phi) is 5.95. The summed E-state index contributed by atoms with van der Waals surface area (Å²) in [5, 5.41) is 20.5. The van der Waals surface area contributed by atoms with Gasteiger partial charge in [0.05, 0.1) is 12.1 Å². The van der Waals surface area contributed by atoms with E-state index in [-0.39, 0.29) is 12.8 Å². The zero-order chi connectivity index (χ0) is 13.6. The van der Waals surface area contributed by atoms with Gasteiger partial charge < -0.3 is 20.3 Å². The first-order valence-corrected chi connectivity index (χ1v) is 5.51. The summed E-state index contributed by atoms with van der Waals surface area (Å²) in [6.45, 7) is 6.80. The normalized spacial score (nSPS) is 14.9. The van der Waals surface area contributed by atoms with Crippen LogP contribution in [0, 0.1) is 0 Å². The van der Waals surface area contributed by atoms with Crippen LogP contribution in [0.4, 0.5) is 4.79 Å². The number of alkyl carbamates (subject to hydrolysis) is 1. The van der Waals surface area contributed by atoms with Gasteiger partial charge in [-0.3, -0.25) is 4.79 Å². The number of aliphatic hydroxyl groups excluding tert-OH is 1. The Morgan fingerprint density at radius 3 is 2.29 bits per heavy atom. The van der Waals surface area contributed by atoms with E-state index in [0.717, 1.165) is 0 Å². The predicted octanol–water partition coefficient (Wildman–Crippen LogP) is 1.13. The van der Waals surface area contributed by atoms with Crippen molar-refractivity contribution < 1.29 is 24.5 Å². The van der Waals surface area contributed by atoms with E-state index in [4.69, 9.17) is 9.84 Å². The Balaban J connectivity index is 4.03. The van der Waals surface area contributed by atoms with E-state index in [2.05, 4.69) is 5.32 Å². The zero-order valence-corrected chi connectivity index (χ0v) is 10.7. The first kappa shape index (κ1) is 15.7. The molecule has 0 radical (unpaired) electrons. The molecule has 100 valence electrons. The fourth-order valence-corrected chi connectivity index (χ4v) is 1.11. The lowest BCUT2D eigenvalue weighted by atomic mass is 10.1. The van der Waals surface area contributed by atoms with Gasteiger partial charge in [-0.1, -0.05) is 0 Å². The second-order valence-corrected chi connectivity index (χ2v) is 4.93. The molecule has 2 atom stereocenters. The van der Waals surface area contributed by atoms with E-state index in [1.165, 1.54) is 0 Å². The third-order valence-corrected chi connectivity index (χ3v) is 1.98.